The lowest BCUT2D eigenvalue weighted by atomic mass is 10.1. The molecular formula is C11H22O4. The van der Waals surface area contributed by atoms with Crippen LogP contribution >= 0.6 is 0 Å². The van der Waals surface area contributed by atoms with Gasteiger partial charge in [-0.1, -0.05) is 20.3 Å². The summed E-state index contributed by atoms with van der Waals surface area (Å²) in [5, 5.41) is 8.35. The maximum absolute atomic E-state index is 10.6. The van der Waals surface area contributed by atoms with E-state index < -0.39 is 12.1 Å². The second-order valence-corrected chi connectivity index (χ2v) is 3.19. The van der Waals surface area contributed by atoms with Gasteiger partial charge in [-0.25, -0.2) is 4.79 Å². The van der Waals surface area contributed by atoms with Crippen LogP contribution in [0, 0.1) is 0 Å². The quantitative estimate of drug-likeness (QED) is 0.713. The van der Waals surface area contributed by atoms with Gasteiger partial charge in [-0.15, -0.1) is 0 Å². The van der Waals surface area contributed by atoms with E-state index in [2.05, 4.69) is 11.7 Å². The van der Waals surface area contributed by atoms with Crippen LogP contribution in [-0.4, -0.2) is 30.1 Å². The number of Topliss-reactive ketones (excluding diaryl/α,β-unsaturated/α-hetero) is 1. The Morgan fingerprint density at radius 1 is 1.33 bits per heavy atom. The highest BCUT2D eigenvalue weighted by atomic mass is 16.5. The minimum Gasteiger partial charge on any atom is -0.467 e. The molecule has 0 bridgehead atoms. The van der Waals surface area contributed by atoms with Crippen molar-refractivity contribution in [3.05, 3.63) is 0 Å². The number of ether oxygens (including phenoxy) is 1. The van der Waals surface area contributed by atoms with Crippen molar-refractivity contribution in [3.63, 3.8) is 0 Å². The van der Waals surface area contributed by atoms with Crippen LogP contribution in [0.2, 0.25) is 0 Å². The monoisotopic (exact) mass is 218 g/mol. The van der Waals surface area contributed by atoms with E-state index in [0.717, 1.165) is 19.3 Å². The Morgan fingerprint density at radius 3 is 2.07 bits per heavy atom. The zero-order valence-corrected chi connectivity index (χ0v) is 10.1. The number of rotatable bonds is 5. The van der Waals surface area contributed by atoms with Crippen LogP contribution in [-0.2, 0) is 14.3 Å². The van der Waals surface area contributed by atoms with Crippen molar-refractivity contribution in [2.24, 2.45) is 0 Å². The molecule has 15 heavy (non-hydrogen) atoms. The molecule has 1 atom stereocenters. The molecule has 0 saturated heterocycles. The van der Waals surface area contributed by atoms with Crippen LogP contribution < -0.4 is 0 Å². The Morgan fingerprint density at radius 2 is 1.87 bits per heavy atom. The number of unbranched alkanes of at least 4 members (excludes halogenated alkanes) is 1. The minimum atomic E-state index is -0.995. The van der Waals surface area contributed by atoms with E-state index in [1.165, 1.54) is 14.0 Å². The van der Waals surface area contributed by atoms with Crippen LogP contribution in [0.5, 0.6) is 0 Å². The summed E-state index contributed by atoms with van der Waals surface area (Å²) < 4.78 is 4.12. The van der Waals surface area contributed by atoms with E-state index in [0.29, 0.717) is 12.2 Å². The zero-order valence-electron chi connectivity index (χ0n) is 10.1. The van der Waals surface area contributed by atoms with E-state index in [1.807, 2.05) is 6.92 Å². The van der Waals surface area contributed by atoms with Crippen molar-refractivity contribution in [1.82, 2.24) is 0 Å². The summed E-state index contributed by atoms with van der Waals surface area (Å²) in [6.07, 6.45) is 2.69. The van der Waals surface area contributed by atoms with Gasteiger partial charge < -0.3 is 9.84 Å². The first kappa shape index (κ1) is 16.5. The minimum absolute atomic E-state index is 0.395. The van der Waals surface area contributed by atoms with Crippen molar-refractivity contribution < 1.29 is 19.4 Å². The van der Waals surface area contributed by atoms with Gasteiger partial charge in [-0.3, -0.25) is 4.79 Å². The molecule has 0 aliphatic heterocycles. The predicted molar refractivity (Wildman–Crippen MR) is 58.5 cm³/mol. The maximum Gasteiger partial charge on any atom is 0.334 e. The third kappa shape index (κ3) is 13.1. The number of hydrogen-bond acceptors (Lipinski definition) is 4. The molecule has 0 amide bonds. The lowest BCUT2D eigenvalue weighted by Gasteiger charge is -1.97. The molecule has 0 fully saturated rings. The second kappa shape index (κ2) is 11.2. The highest BCUT2D eigenvalue weighted by Crippen LogP contribution is 1.96. The molecule has 4 heteroatoms. The van der Waals surface area contributed by atoms with E-state index in [9.17, 15) is 9.59 Å². The molecule has 4 nitrogen and oxygen atoms in total. The zero-order chi connectivity index (χ0) is 12.3. The number of aliphatic hydroxyl groups excluding tert-OH is 1. The third-order valence-electron chi connectivity index (χ3n) is 1.75. The summed E-state index contributed by atoms with van der Waals surface area (Å²) in [5.74, 6) is -0.202. The summed E-state index contributed by atoms with van der Waals surface area (Å²) in [7, 11) is 1.23. The normalized spacial score (nSPS) is 11.0. The summed E-state index contributed by atoms with van der Waals surface area (Å²) >= 11 is 0. The van der Waals surface area contributed by atoms with Crippen LogP contribution in [0.15, 0.2) is 0 Å². The number of aliphatic hydroxyl groups is 1. The van der Waals surface area contributed by atoms with Gasteiger partial charge in [0.15, 0.2) is 0 Å². The van der Waals surface area contributed by atoms with Crippen LogP contribution in [0.25, 0.3) is 0 Å². The Kier molecular flexibility index (Phi) is 12.3. The number of carbonyl (C=O) groups is 2. The van der Waals surface area contributed by atoms with Gasteiger partial charge in [0, 0.05) is 12.8 Å². The predicted octanol–water partition coefficient (Wildman–Crippen LogP) is 1.70. The smallest absolute Gasteiger partial charge is 0.334 e. The molecule has 0 spiro atoms. The van der Waals surface area contributed by atoms with Crippen molar-refractivity contribution in [1.29, 1.82) is 0 Å². The van der Waals surface area contributed by atoms with Crippen LogP contribution in [0.4, 0.5) is 0 Å². The molecule has 1 unspecified atom stereocenters. The molecule has 0 rings (SSSR count). The molecule has 0 aliphatic rings. The number of hydrogen-bond donors (Lipinski definition) is 1. The topological polar surface area (TPSA) is 63.6 Å². The van der Waals surface area contributed by atoms with Gasteiger partial charge in [-0.2, -0.15) is 0 Å². The fourth-order valence-corrected chi connectivity index (χ4v) is 0.721. The maximum atomic E-state index is 10.6. The van der Waals surface area contributed by atoms with Crippen molar-refractivity contribution in [2.45, 2.75) is 52.6 Å². The van der Waals surface area contributed by atoms with Gasteiger partial charge in [0.25, 0.3) is 0 Å². The fraction of sp³-hybridized carbons (Fsp3) is 0.818. The average molecular weight is 218 g/mol. The number of ketones is 1. The Balaban J connectivity index is 0. The first-order valence-corrected chi connectivity index (χ1v) is 5.27. The lowest BCUT2D eigenvalue weighted by Crippen LogP contribution is -2.16. The first-order chi connectivity index (χ1) is 6.99. The van der Waals surface area contributed by atoms with Gasteiger partial charge in [-0.05, 0) is 13.3 Å². The largest absolute Gasteiger partial charge is 0.467 e. The fourth-order valence-electron chi connectivity index (χ4n) is 0.721. The summed E-state index contributed by atoms with van der Waals surface area (Å²) in [6.45, 7) is 5.37. The average Bonchev–Trinajstić information content (AvgIpc) is 2.25. The van der Waals surface area contributed by atoms with E-state index >= 15 is 0 Å². The van der Waals surface area contributed by atoms with E-state index in [1.54, 1.807) is 0 Å². The Labute approximate surface area is 91.6 Å². The molecule has 1 N–H and O–H groups in total. The Bertz CT molecular complexity index is 175. The number of methoxy groups -OCH3 is 1. The number of carbonyl (C=O) groups excluding carboxylic acids is 2. The molecule has 0 aromatic rings. The molecule has 0 aromatic heterocycles. The molecule has 0 radical (unpaired) electrons. The van der Waals surface area contributed by atoms with Gasteiger partial charge >= 0.3 is 5.97 Å². The summed E-state index contributed by atoms with van der Waals surface area (Å²) in [5.41, 5.74) is 0. The molecule has 0 aliphatic carbocycles. The van der Waals surface area contributed by atoms with Crippen molar-refractivity contribution in [2.75, 3.05) is 7.11 Å². The van der Waals surface area contributed by atoms with E-state index in [-0.39, 0.29) is 0 Å². The highest BCUT2D eigenvalue weighted by Gasteiger charge is 2.05. The van der Waals surface area contributed by atoms with Crippen LogP contribution in [0.1, 0.15) is 46.5 Å². The van der Waals surface area contributed by atoms with Gasteiger partial charge in [0.05, 0.1) is 7.11 Å². The van der Waals surface area contributed by atoms with Gasteiger partial charge in [0.1, 0.15) is 11.9 Å². The Hall–Kier alpha value is -0.900. The first-order valence-electron chi connectivity index (χ1n) is 5.27. The third-order valence-corrected chi connectivity index (χ3v) is 1.75. The molecule has 0 heterocycles. The van der Waals surface area contributed by atoms with Gasteiger partial charge in [0.2, 0.25) is 0 Å². The lowest BCUT2D eigenvalue weighted by molar-refractivity contribution is -0.149. The highest BCUT2D eigenvalue weighted by molar-refractivity contribution is 5.77. The van der Waals surface area contributed by atoms with E-state index in [4.69, 9.17) is 5.11 Å². The van der Waals surface area contributed by atoms with Crippen molar-refractivity contribution in [3.8, 4) is 0 Å². The molecule has 0 saturated carbocycles. The standard InChI is InChI=1S/C7H14O.C4H8O3/c1-3-5-6-7(8)4-2;1-3(5)4(6)7-2/h3-6H2,1-2H3;3,5H,1-2H3. The molecular weight excluding hydrogens is 196 g/mol. The molecule has 0 aromatic carbocycles. The summed E-state index contributed by atoms with van der Waals surface area (Å²) in [4.78, 5) is 20.6. The summed E-state index contributed by atoms with van der Waals surface area (Å²) in [6, 6.07) is 0. The SMILES string of the molecule is CCCCC(=O)CC.COC(=O)C(C)O. The number of esters is 1. The molecule has 90 valence electrons. The second-order valence-electron chi connectivity index (χ2n) is 3.19. The van der Waals surface area contributed by atoms with Crippen molar-refractivity contribution >= 4 is 11.8 Å². The van der Waals surface area contributed by atoms with Crippen LogP contribution in [0.3, 0.4) is 0 Å².